The van der Waals surface area contributed by atoms with Crippen LogP contribution in [0.2, 0.25) is 0 Å². The van der Waals surface area contributed by atoms with Crippen molar-refractivity contribution in [2.75, 3.05) is 4.90 Å². The van der Waals surface area contributed by atoms with E-state index in [0.717, 1.165) is 17.8 Å². The highest BCUT2D eigenvalue weighted by Gasteiger charge is 2.51. The standard InChI is InChI=1S/C53H39N/c1-52(2)45-24-12-7-20-39(45)43-31-29-36(33-49(43)52)54(51-28-16-11-19-38(51)35-17-5-3-4-6-18-35)37-30-32-44-42-23-10-15-27-48(42)53(50(44)34-37)46-25-13-8-21-40(46)41-22-9-14-26-47(41)53/h3-5,7-34H,6H2,1-2H3. The van der Waals surface area contributed by atoms with Gasteiger partial charge in [-0.3, -0.25) is 0 Å². The molecule has 0 bridgehead atoms. The number of hydrogen-bond donors (Lipinski definition) is 0. The van der Waals surface area contributed by atoms with Crippen LogP contribution in [-0.4, -0.2) is 0 Å². The lowest BCUT2D eigenvalue weighted by Crippen LogP contribution is -2.26. The maximum absolute atomic E-state index is 2.52. The van der Waals surface area contributed by atoms with Gasteiger partial charge in [-0.25, -0.2) is 0 Å². The minimum atomic E-state index is -0.417. The third-order valence-corrected chi connectivity index (χ3v) is 12.5. The minimum Gasteiger partial charge on any atom is -0.310 e. The maximum Gasteiger partial charge on any atom is 0.0726 e. The summed E-state index contributed by atoms with van der Waals surface area (Å²) in [7, 11) is 0. The van der Waals surface area contributed by atoms with Crippen molar-refractivity contribution >= 4 is 22.6 Å². The monoisotopic (exact) mass is 689 g/mol. The van der Waals surface area contributed by atoms with Gasteiger partial charge >= 0.3 is 0 Å². The molecule has 256 valence electrons. The van der Waals surface area contributed by atoms with Crippen LogP contribution < -0.4 is 4.90 Å². The van der Waals surface area contributed by atoms with Gasteiger partial charge in [-0.1, -0.05) is 172 Å². The number of benzene rings is 7. The van der Waals surface area contributed by atoms with Crippen LogP contribution in [0.25, 0.3) is 39.0 Å². The fraction of sp³-hybridized carbons (Fsp3) is 0.0943. The second-order valence-corrected chi connectivity index (χ2v) is 15.6. The first-order valence-electron chi connectivity index (χ1n) is 19.2. The number of hydrogen-bond acceptors (Lipinski definition) is 1. The quantitative estimate of drug-likeness (QED) is 0.178. The van der Waals surface area contributed by atoms with Gasteiger partial charge in [0.25, 0.3) is 0 Å². The molecule has 1 heteroatoms. The largest absolute Gasteiger partial charge is 0.310 e. The molecule has 1 nitrogen and oxygen atoms in total. The highest BCUT2D eigenvalue weighted by Crippen LogP contribution is 2.63. The van der Waals surface area contributed by atoms with E-state index in [1.165, 1.54) is 83.6 Å². The number of para-hydroxylation sites is 1. The van der Waals surface area contributed by atoms with E-state index in [1.54, 1.807) is 0 Å². The molecule has 0 unspecified atom stereocenters. The van der Waals surface area contributed by atoms with E-state index in [9.17, 15) is 0 Å². The first-order chi connectivity index (χ1) is 26.6. The van der Waals surface area contributed by atoms with Gasteiger partial charge in [0.15, 0.2) is 0 Å². The molecular weight excluding hydrogens is 651 g/mol. The topological polar surface area (TPSA) is 3.24 Å². The van der Waals surface area contributed by atoms with Crippen LogP contribution in [0, 0.1) is 0 Å². The van der Waals surface area contributed by atoms with Gasteiger partial charge in [0, 0.05) is 22.4 Å². The van der Waals surface area contributed by atoms with Crippen LogP contribution in [0.15, 0.2) is 188 Å². The van der Waals surface area contributed by atoms with Crippen LogP contribution in [0.4, 0.5) is 17.1 Å². The zero-order valence-corrected chi connectivity index (χ0v) is 30.6. The zero-order valence-electron chi connectivity index (χ0n) is 30.6. The van der Waals surface area contributed by atoms with E-state index in [0.29, 0.717) is 0 Å². The van der Waals surface area contributed by atoms with E-state index >= 15 is 0 Å². The molecule has 0 aliphatic heterocycles. The summed E-state index contributed by atoms with van der Waals surface area (Å²) in [6.07, 6.45) is 12.0. The average Bonchev–Trinajstić information content (AvgIpc) is 3.63. The van der Waals surface area contributed by atoms with E-state index in [1.807, 2.05) is 0 Å². The molecule has 0 fully saturated rings. The molecule has 1 spiro atoms. The molecule has 54 heavy (non-hydrogen) atoms. The summed E-state index contributed by atoms with van der Waals surface area (Å²) < 4.78 is 0. The molecule has 0 amide bonds. The Morgan fingerprint density at radius 2 is 0.889 bits per heavy atom. The maximum atomic E-state index is 2.52. The Balaban J connectivity index is 1.19. The second kappa shape index (κ2) is 11.5. The van der Waals surface area contributed by atoms with Crippen LogP contribution in [0.3, 0.4) is 0 Å². The van der Waals surface area contributed by atoms with Crippen molar-refractivity contribution < 1.29 is 0 Å². The van der Waals surface area contributed by atoms with Crippen molar-refractivity contribution in [3.8, 4) is 33.4 Å². The number of allylic oxidation sites excluding steroid dienone is 6. The highest BCUT2D eigenvalue weighted by molar-refractivity contribution is 5.97. The first-order valence-corrected chi connectivity index (χ1v) is 19.2. The fourth-order valence-electron chi connectivity index (χ4n) is 10.2. The summed E-state index contributed by atoms with van der Waals surface area (Å²) in [6.45, 7) is 4.75. The van der Waals surface area contributed by atoms with Gasteiger partial charge < -0.3 is 4.90 Å². The number of anilines is 3. The predicted molar refractivity (Wildman–Crippen MR) is 226 cm³/mol. The predicted octanol–water partition coefficient (Wildman–Crippen LogP) is 13.7. The fourth-order valence-corrected chi connectivity index (χ4v) is 10.2. The third kappa shape index (κ3) is 4.15. The average molecular weight is 690 g/mol. The lowest BCUT2D eigenvalue weighted by atomic mass is 9.70. The number of nitrogens with zero attached hydrogens (tertiary/aromatic N) is 1. The molecule has 0 saturated carbocycles. The number of rotatable bonds is 4. The van der Waals surface area contributed by atoms with Crippen molar-refractivity contribution in [3.63, 3.8) is 0 Å². The summed E-state index contributed by atoms with van der Waals surface area (Å²) in [4.78, 5) is 2.52. The third-order valence-electron chi connectivity index (χ3n) is 12.5. The van der Waals surface area contributed by atoms with Crippen LogP contribution in [0.5, 0.6) is 0 Å². The smallest absolute Gasteiger partial charge is 0.0726 e. The summed E-state index contributed by atoms with van der Waals surface area (Å²) >= 11 is 0. The lowest BCUT2D eigenvalue weighted by Gasteiger charge is -2.33. The van der Waals surface area contributed by atoms with Gasteiger partial charge in [-0.15, -0.1) is 0 Å². The SMILES string of the molecule is CC1(C)c2ccccc2-c2ccc(N(c3ccc4c(c3)C3(c5ccccc5-c5ccccc53)c3ccccc3-4)c3ccccc3C3=CCC=CC=C3)cc21. The van der Waals surface area contributed by atoms with Crippen LogP contribution >= 0.6 is 0 Å². The summed E-state index contributed by atoms with van der Waals surface area (Å²) in [5, 5.41) is 0. The normalized spacial score (nSPS) is 15.8. The molecule has 0 heterocycles. The molecule has 0 N–H and O–H groups in total. The Bertz CT molecular complexity index is 2720. The van der Waals surface area contributed by atoms with E-state index in [4.69, 9.17) is 0 Å². The Labute approximate surface area is 317 Å². The molecule has 0 atom stereocenters. The Morgan fingerprint density at radius 3 is 1.50 bits per heavy atom. The molecular formula is C53H39N. The second-order valence-electron chi connectivity index (χ2n) is 15.6. The lowest BCUT2D eigenvalue weighted by molar-refractivity contribution is 0.660. The Hall–Kier alpha value is -6.44. The van der Waals surface area contributed by atoms with E-state index in [-0.39, 0.29) is 5.41 Å². The highest BCUT2D eigenvalue weighted by atomic mass is 15.1. The van der Waals surface area contributed by atoms with Crippen molar-refractivity contribution in [1.29, 1.82) is 0 Å². The van der Waals surface area contributed by atoms with Gasteiger partial charge in [0.2, 0.25) is 0 Å². The van der Waals surface area contributed by atoms with Crippen LogP contribution in [-0.2, 0) is 10.8 Å². The molecule has 0 aromatic heterocycles. The summed E-state index contributed by atoms with van der Waals surface area (Å²) in [5.74, 6) is 0. The summed E-state index contributed by atoms with van der Waals surface area (Å²) in [5.41, 5.74) is 21.5. The van der Waals surface area contributed by atoms with Gasteiger partial charge in [0.05, 0.1) is 11.1 Å². The molecule has 0 saturated heterocycles. The minimum absolute atomic E-state index is 0.119. The summed E-state index contributed by atoms with van der Waals surface area (Å²) in [6, 6.07) is 59.5. The molecule has 0 radical (unpaired) electrons. The van der Waals surface area contributed by atoms with Gasteiger partial charge in [-0.2, -0.15) is 0 Å². The van der Waals surface area contributed by atoms with Crippen molar-refractivity contribution in [3.05, 3.63) is 227 Å². The van der Waals surface area contributed by atoms with Gasteiger partial charge in [0.1, 0.15) is 0 Å². The number of fused-ring (bicyclic) bond motifs is 13. The van der Waals surface area contributed by atoms with E-state index in [2.05, 4.69) is 207 Å². The molecule has 11 rings (SSSR count). The molecule has 4 aliphatic carbocycles. The van der Waals surface area contributed by atoms with Gasteiger partial charge in [-0.05, 0) is 109 Å². The molecule has 4 aliphatic rings. The van der Waals surface area contributed by atoms with Crippen LogP contribution in [0.1, 0.15) is 59.2 Å². The first kappa shape index (κ1) is 31.1. The van der Waals surface area contributed by atoms with Crippen molar-refractivity contribution in [2.24, 2.45) is 0 Å². The molecule has 7 aromatic rings. The molecule has 7 aromatic carbocycles. The Kier molecular flexibility index (Phi) is 6.64. The zero-order chi connectivity index (χ0) is 36.0. The van der Waals surface area contributed by atoms with Crippen molar-refractivity contribution in [2.45, 2.75) is 31.1 Å². The van der Waals surface area contributed by atoms with Crippen molar-refractivity contribution in [1.82, 2.24) is 0 Å². The Morgan fingerprint density at radius 1 is 0.426 bits per heavy atom. The van der Waals surface area contributed by atoms with E-state index < -0.39 is 5.41 Å².